The van der Waals surface area contributed by atoms with Crippen molar-refractivity contribution in [3.63, 3.8) is 0 Å². The van der Waals surface area contributed by atoms with Gasteiger partial charge in [0.25, 0.3) is 5.91 Å². The molecule has 0 aliphatic rings. The maximum absolute atomic E-state index is 12.8. The Kier molecular flexibility index (Phi) is 6.14. The van der Waals surface area contributed by atoms with E-state index in [-0.39, 0.29) is 18.2 Å². The van der Waals surface area contributed by atoms with E-state index in [0.29, 0.717) is 5.75 Å². The number of carbonyl (C=O) groups is 2. The van der Waals surface area contributed by atoms with Crippen LogP contribution in [0.3, 0.4) is 0 Å². The van der Waals surface area contributed by atoms with Crippen molar-refractivity contribution in [1.29, 1.82) is 0 Å². The highest BCUT2D eigenvalue weighted by atomic mass is 19.1. The minimum Gasteiger partial charge on any atom is -0.481 e. The lowest BCUT2D eigenvalue weighted by Crippen LogP contribution is -2.45. The van der Waals surface area contributed by atoms with Crippen LogP contribution in [0.2, 0.25) is 0 Å². The Labute approximate surface area is 123 Å². The normalized spacial score (nSPS) is 13.6. The fourth-order valence-electron chi connectivity index (χ4n) is 1.71. The predicted octanol–water partition coefficient (Wildman–Crippen LogP) is 2.21. The smallest absolute Gasteiger partial charge is 0.305 e. The summed E-state index contributed by atoms with van der Waals surface area (Å²) in [6, 6.07) is 4.86. The molecular weight excluding hydrogens is 277 g/mol. The fourth-order valence-corrected chi connectivity index (χ4v) is 1.71. The fraction of sp³-hybridized carbons (Fsp3) is 0.467. The van der Waals surface area contributed by atoms with E-state index >= 15 is 0 Å². The zero-order valence-electron chi connectivity index (χ0n) is 12.3. The van der Waals surface area contributed by atoms with Crippen LogP contribution in [0.5, 0.6) is 5.75 Å². The number of hydrogen-bond acceptors (Lipinski definition) is 3. The molecule has 1 rings (SSSR count). The molecule has 0 spiro atoms. The summed E-state index contributed by atoms with van der Waals surface area (Å²) in [5.74, 6) is -1.40. The van der Waals surface area contributed by atoms with E-state index in [2.05, 4.69) is 5.32 Å². The highest BCUT2D eigenvalue weighted by Gasteiger charge is 2.23. The number of hydrogen-bond donors (Lipinski definition) is 2. The van der Waals surface area contributed by atoms with Gasteiger partial charge in [-0.25, -0.2) is 4.39 Å². The second kappa shape index (κ2) is 7.61. The Morgan fingerprint density at radius 3 is 2.29 bits per heavy atom. The summed E-state index contributed by atoms with van der Waals surface area (Å²) in [5.41, 5.74) is 0. The number of carboxylic acids is 1. The quantitative estimate of drug-likeness (QED) is 0.809. The Bertz CT molecular complexity index is 487. The highest BCUT2D eigenvalue weighted by Crippen LogP contribution is 2.14. The van der Waals surface area contributed by atoms with Gasteiger partial charge in [-0.1, -0.05) is 13.8 Å². The standard InChI is InChI=1S/C15H20FNO4/c1-9(2)13(8-14(18)19)17-15(20)10(3)21-12-6-4-11(16)5-7-12/h4-7,9-10,13H,8H2,1-3H3,(H,17,20)(H,18,19). The lowest BCUT2D eigenvalue weighted by molar-refractivity contribution is -0.138. The maximum atomic E-state index is 12.8. The van der Waals surface area contributed by atoms with Crippen LogP contribution in [0.15, 0.2) is 24.3 Å². The molecule has 0 saturated carbocycles. The molecule has 0 bridgehead atoms. The van der Waals surface area contributed by atoms with Gasteiger partial charge in [-0.05, 0) is 37.1 Å². The molecule has 0 aromatic heterocycles. The van der Waals surface area contributed by atoms with E-state index in [1.165, 1.54) is 24.3 Å². The summed E-state index contributed by atoms with van der Waals surface area (Å²) in [6.45, 7) is 5.22. The minimum atomic E-state index is -0.971. The minimum absolute atomic E-state index is 0.0110. The number of amides is 1. The van der Waals surface area contributed by atoms with Crippen LogP contribution < -0.4 is 10.1 Å². The van der Waals surface area contributed by atoms with Crippen LogP contribution in [0.1, 0.15) is 27.2 Å². The first-order chi connectivity index (χ1) is 9.79. The van der Waals surface area contributed by atoms with Crippen molar-refractivity contribution < 1.29 is 23.8 Å². The van der Waals surface area contributed by atoms with Crippen LogP contribution in [-0.4, -0.2) is 29.1 Å². The van der Waals surface area contributed by atoms with E-state index < -0.39 is 24.0 Å². The predicted molar refractivity (Wildman–Crippen MR) is 75.5 cm³/mol. The van der Waals surface area contributed by atoms with Gasteiger partial charge >= 0.3 is 5.97 Å². The number of halogens is 1. The van der Waals surface area contributed by atoms with Gasteiger partial charge in [-0.3, -0.25) is 9.59 Å². The van der Waals surface area contributed by atoms with Gasteiger partial charge in [0.1, 0.15) is 11.6 Å². The summed E-state index contributed by atoms with van der Waals surface area (Å²) >= 11 is 0. The number of carbonyl (C=O) groups excluding carboxylic acids is 1. The molecule has 0 saturated heterocycles. The van der Waals surface area contributed by atoms with Gasteiger partial charge in [-0.2, -0.15) is 0 Å². The van der Waals surface area contributed by atoms with Crippen LogP contribution in [-0.2, 0) is 9.59 Å². The monoisotopic (exact) mass is 297 g/mol. The molecule has 2 N–H and O–H groups in total. The van der Waals surface area contributed by atoms with Gasteiger partial charge < -0.3 is 15.2 Å². The summed E-state index contributed by atoms with van der Waals surface area (Å²) in [5, 5.41) is 11.5. The third kappa shape index (κ3) is 5.81. The summed E-state index contributed by atoms with van der Waals surface area (Å²) in [4.78, 5) is 22.8. The molecule has 0 heterocycles. The molecule has 1 aromatic rings. The van der Waals surface area contributed by atoms with Gasteiger partial charge in [0.2, 0.25) is 0 Å². The largest absolute Gasteiger partial charge is 0.481 e. The van der Waals surface area contributed by atoms with E-state index in [1.807, 2.05) is 13.8 Å². The van der Waals surface area contributed by atoms with Gasteiger partial charge in [0.15, 0.2) is 6.10 Å². The molecular formula is C15H20FNO4. The topological polar surface area (TPSA) is 75.6 Å². The Balaban J connectivity index is 2.60. The SMILES string of the molecule is CC(Oc1ccc(F)cc1)C(=O)NC(CC(=O)O)C(C)C. The van der Waals surface area contributed by atoms with Crippen LogP contribution in [0, 0.1) is 11.7 Å². The third-order valence-corrected chi connectivity index (χ3v) is 3.02. The third-order valence-electron chi connectivity index (χ3n) is 3.02. The number of benzene rings is 1. The molecule has 2 atom stereocenters. The Morgan fingerprint density at radius 1 is 1.24 bits per heavy atom. The summed E-state index contributed by atoms with van der Waals surface area (Å²) in [6.07, 6.45) is -0.947. The first kappa shape index (κ1) is 16.9. The molecule has 0 fully saturated rings. The molecule has 5 nitrogen and oxygen atoms in total. The Morgan fingerprint density at radius 2 is 1.81 bits per heavy atom. The zero-order chi connectivity index (χ0) is 16.0. The molecule has 1 aromatic carbocycles. The van der Waals surface area contributed by atoms with Crippen molar-refractivity contribution in [2.24, 2.45) is 5.92 Å². The van der Waals surface area contributed by atoms with E-state index in [4.69, 9.17) is 9.84 Å². The summed E-state index contributed by atoms with van der Waals surface area (Å²) in [7, 11) is 0. The van der Waals surface area contributed by atoms with Gasteiger partial charge in [-0.15, -0.1) is 0 Å². The van der Waals surface area contributed by atoms with Gasteiger partial charge in [0, 0.05) is 6.04 Å². The number of carboxylic acid groups (broad SMARTS) is 1. The Hall–Kier alpha value is -2.11. The second-order valence-corrected chi connectivity index (χ2v) is 5.17. The van der Waals surface area contributed by atoms with E-state index in [0.717, 1.165) is 0 Å². The first-order valence-electron chi connectivity index (χ1n) is 6.74. The van der Waals surface area contributed by atoms with Crippen LogP contribution in [0.25, 0.3) is 0 Å². The van der Waals surface area contributed by atoms with Crippen molar-refractivity contribution in [2.45, 2.75) is 39.3 Å². The second-order valence-electron chi connectivity index (χ2n) is 5.17. The molecule has 0 radical (unpaired) electrons. The molecule has 0 aliphatic carbocycles. The molecule has 6 heteroatoms. The van der Waals surface area contributed by atoms with E-state index in [9.17, 15) is 14.0 Å². The molecule has 0 aliphatic heterocycles. The lowest BCUT2D eigenvalue weighted by Gasteiger charge is -2.23. The van der Waals surface area contributed by atoms with Gasteiger partial charge in [0.05, 0.1) is 6.42 Å². The maximum Gasteiger partial charge on any atom is 0.305 e. The number of nitrogens with one attached hydrogen (secondary N) is 1. The lowest BCUT2D eigenvalue weighted by atomic mass is 10.0. The molecule has 116 valence electrons. The average Bonchev–Trinajstić information content (AvgIpc) is 2.39. The number of rotatable bonds is 7. The van der Waals surface area contributed by atoms with Crippen molar-refractivity contribution >= 4 is 11.9 Å². The zero-order valence-corrected chi connectivity index (χ0v) is 12.3. The molecule has 1 amide bonds. The van der Waals surface area contributed by atoms with Crippen molar-refractivity contribution in [3.8, 4) is 5.75 Å². The first-order valence-corrected chi connectivity index (χ1v) is 6.74. The highest BCUT2D eigenvalue weighted by molar-refractivity contribution is 5.81. The van der Waals surface area contributed by atoms with Crippen LogP contribution in [0.4, 0.5) is 4.39 Å². The van der Waals surface area contributed by atoms with Crippen LogP contribution >= 0.6 is 0 Å². The molecule has 21 heavy (non-hydrogen) atoms. The average molecular weight is 297 g/mol. The van der Waals surface area contributed by atoms with Crippen molar-refractivity contribution in [1.82, 2.24) is 5.32 Å². The number of ether oxygens (including phenoxy) is 1. The van der Waals surface area contributed by atoms with Crippen molar-refractivity contribution in [2.75, 3.05) is 0 Å². The van der Waals surface area contributed by atoms with E-state index in [1.54, 1.807) is 6.92 Å². The van der Waals surface area contributed by atoms with Crippen molar-refractivity contribution in [3.05, 3.63) is 30.1 Å². The molecule has 2 unspecified atom stereocenters. The summed E-state index contributed by atoms with van der Waals surface area (Å²) < 4.78 is 18.2. The number of aliphatic carboxylic acids is 1.